The molecule has 0 radical (unpaired) electrons. The van der Waals surface area contributed by atoms with E-state index in [1.165, 1.54) is 0 Å². The summed E-state index contributed by atoms with van der Waals surface area (Å²) in [5.74, 6) is 1.76. The summed E-state index contributed by atoms with van der Waals surface area (Å²) in [7, 11) is 1.66. The average molecular weight is 284 g/mol. The maximum atomic E-state index is 12.5. The van der Waals surface area contributed by atoms with E-state index in [4.69, 9.17) is 9.72 Å². The van der Waals surface area contributed by atoms with Gasteiger partial charge in [0.15, 0.2) is 0 Å². The third-order valence-electron chi connectivity index (χ3n) is 3.83. The minimum atomic E-state index is -0.391. The molecule has 1 aromatic carbocycles. The van der Waals surface area contributed by atoms with Gasteiger partial charge in [-0.15, -0.1) is 0 Å². The van der Waals surface area contributed by atoms with Gasteiger partial charge in [-0.2, -0.15) is 0 Å². The summed E-state index contributed by atoms with van der Waals surface area (Å²) in [6.07, 6.45) is 0.858. The van der Waals surface area contributed by atoms with Gasteiger partial charge in [0.05, 0.1) is 12.6 Å². The summed E-state index contributed by atoms with van der Waals surface area (Å²) in [5.41, 5.74) is 1.63. The fourth-order valence-corrected chi connectivity index (χ4v) is 2.67. The van der Waals surface area contributed by atoms with Crippen LogP contribution in [0.25, 0.3) is 10.9 Å². The molecule has 0 spiro atoms. The molecule has 4 nitrogen and oxygen atoms in total. The Balaban J connectivity index is 2.07. The Bertz CT molecular complexity index is 717. The molecule has 0 saturated carbocycles. The second-order valence-corrected chi connectivity index (χ2v) is 6.49. The highest BCUT2D eigenvalue weighted by molar-refractivity contribution is 5.99. The summed E-state index contributed by atoms with van der Waals surface area (Å²) >= 11 is 0. The first-order valence-corrected chi connectivity index (χ1v) is 7.20. The molecule has 1 aliphatic rings. The van der Waals surface area contributed by atoms with Crippen molar-refractivity contribution in [2.45, 2.75) is 27.2 Å². The van der Waals surface area contributed by atoms with Gasteiger partial charge in [-0.1, -0.05) is 20.8 Å². The summed E-state index contributed by atoms with van der Waals surface area (Å²) in [6, 6.07) is 7.94. The van der Waals surface area contributed by atoms with Gasteiger partial charge in [0.25, 0.3) is 0 Å². The van der Waals surface area contributed by atoms with Gasteiger partial charge in [0, 0.05) is 17.3 Å². The standard InChI is InChI=1S/C17H20N2O2/c1-17(2,3)16(20)19-8-7-11-9-12-10-13(21-4)5-6-14(12)18-15(11)19/h5-6,9-10H,7-8H2,1-4H3. The van der Waals surface area contributed by atoms with Crippen LogP contribution in [0, 0.1) is 5.41 Å². The molecule has 1 amide bonds. The monoisotopic (exact) mass is 284 g/mol. The summed E-state index contributed by atoms with van der Waals surface area (Å²) in [6.45, 7) is 6.55. The summed E-state index contributed by atoms with van der Waals surface area (Å²) in [5, 5.41) is 1.05. The summed E-state index contributed by atoms with van der Waals surface area (Å²) in [4.78, 5) is 19.0. The average Bonchev–Trinajstić information content (AvgIpc) is 2.84. The Morgan fingerprint density at radius 3 is 2.71 bits per heavy atom. The van der Waals surface area contributed by atoms with E-state index < -0.39 is 5.41 Å². The topological polar surface area (TPSA) is 42.4 Å². The van der Waals surface area contributed by atoms with E-state index in [0.29, 0.717) is 6.54 Å². The number of hydrogen-bond acceptors (Lipinski definition) is 3. The fraction of sp³-hybridized carbons (Fsp3) is 0.412. The fourth-order valence-electron chi connectivity index (χ4n) is 2.67. The Morgan fingerprint density at radius 1 is 1.29 bits per heavy atom. The van der Waals surface area contributed by atoms with E-state index >= 15 is 0 Å². The van der Waals surface area contributed by atoms with Gasteiger partial charge in [0.2, 0.25) is 5.91 Å². The van der Waals surface area contributed by atoms with Crippen LogP contribution in [0.1, 0.15) is 26.3 Å². The molecule has 0 saturated heterocycles. The van der Waals surface area contributed by atoms with Gasteiger partial charge < -0.3 is 4.74 Å². The molecule has 2 aromatic rings. The van der Waals surface area contributed by atoms with Crippen LogP contribution in [0.15, 0.2) is 24.3 Å². The lowest BCUT2D eigenvalue weighted by Crippen LogP contribution is -2.38. The lowest BCUT2D eigenvalue weighted by atomic mass is 9.95. The van der Waals surface area contributed by atoms with Gasteiger partial charge in [-0.25, -0.2) is 4.98 Å². The van der Waals surface area contributed by atoms with Crippen molar-refractivity contribution in [3.63, 3.8) is 0 Å². The van der Waals surface area contributed by atoms with Crippen LogP contribution >= 0.6 is 0 Å². The predicted molar refractivity (Wildman–Crippen MR) is 83.8 cm³/mol. The van der Waals surface area contributed by atoms with Crippen LogP contribution < -0.4 is 9.64 Å². The van der Waals surface area contributed by atoms with Crippen LogP contribution in [0.3, 0.4) is 0 Å². The van der Waals surface area contributed by atoms with E-state index in [2.05, 4.69) is 6.07 Å². The van der Waals surface area contributed by atoms with Crippen molar-refractivity contribution in [2.24, 2.45) is 5.41 Å². The zero-order valence-electron chi connectivity index (χ0n) is 12.9. The molecule has 4 heteroatoms. The van der Waals surface area contributed by atoms with E-state index in [-0.39, 0.29) is 5.91 Å². The Kier molecular flexibility index (Phi) is 3.12. The van der Waals surface area contributed by atoms with Crippen molar-refractivity contribution in [1.82, 2.24) is 4.98 Å². The number of carbonyl (C=O) groups is 1. The van der Waals surface area contributed by atoms with Gasteiger partial charge in [-0.05, 0) is 36.2 Å². The number of aromatic nitrogens is 1. The van der Waals surface area contributed by atoms with E-state index in [1.807, 2.05) is 43.9 Å². The first-order valence-electron chi connectivity index (χ1n) is 7.20. The number of methoxy groups -OCH3 is 1. The number of carbonyl (C=O) groups excluding carboxylic acids is 1. The number of pyridine rings is 1. The van der Waals surface area contributed by atoms with Gasteiger partial charge in [-0.3, -0.25) is 9.69 Å². The predicted octanol–water partition coefficient (Wildman–Crippen LogP) is 3.18. The Hall–Kier alpha value is -2.10. The normalized spacial score (nSPS) is 14.4. The number of benzene rings is 1. The van der Waals surface area contributed by atoms with Crippen molar-refractivity contribution in [3.8, 4) is 5.75 Å². The third-order valence-corrected chi connectivity index (χ3v) is 3.83. The molecule has 0 N–H and O–H groups in total. The van der Waals surface area contributed by atoms with Crippen LogP contribution in [-0.2, 0) is 11.2 Å². The molecule has 110 valence electrons. The second kappa shape index (κ2) is 4.72. The van der Waals surface area contributed by atoms with Gasteiger partial charge >= 0.3 is 0 Å². The molecule has 0 atom stereocenters. The molecule has 0 unspecified atom stereocenters. The zero-order chi connectivity index (χ0) is 15.2. The minimum Gasteiger partial charge on any atom is -0.497 e. The third kappa shape index (κ3) is 2.35. The van der Waals surface area contributed by atoms with Crippen LogP contribution in [-0.4, -0.2) is 24.5 Å². The van der Waals surface area contributed by atoms with Crippen LogP contribution in [0.5, 0.6) is 5.75 Å². The SMILES string of the molecule is COc1ccc2nc3c(cc2c1)CCN3C(=O)C(C)(C)C. The van der Waals surface area contributed by atoms with E-state index in [9.17, 15) is 4.79 Å². The van der Waals surface area contributed by atoms with Crippen molar-refractivity contribution < 1.29 is 9.53 Å². The van der Waals surface area contributed by atoms with Crippen molar-refractivity contribution in [1.29, 1.82) is 0 Å². The lowest BCUT2D eigenvalue weighted by molar-refractivity contribution is -0.125. The smallest absolute Gasteiger partial charge is 0.233 e. The molecule has 1 aliphatic heterocycles. The molecule has 21 heavy (non-hydrogen) atoms. The molecule has 2 heterocycles. The quantitative estimate of drug-likeness (QED) is 0.807. The number of rotatable bonds is 1. The molecule has 0 fully saturated rings. The van der Waals surface area contributed by atoms with Crippen LogP contribution in [0.2, 0.25) is 0 Å². The number of amides is 1. The van der Waals surface area contributed by atoms with Crippen molar-refractivity contribution in [2.75, 3.05) is 18.6 Å². The zero-order valence-corrected chi connectivity index (χ0v) is 12.9. The lowest BCUT2D eigenvalue weighted by Gasteiger charge is -2.25. The number of fused-ring (bicyclic) bond motifs is 2. The highest BCUT2D eigenvalue weighted by Gasteiger charge is 2.33. The minimum absolute atomic E-state index is 0.126. The highest BCUT2D eigenvalue weighted by atomic mass is 16.5. The van der Waals surface area contributed by atoms with Crippen molar-refractivity contribution in [3.05, 3.63) is 29.8 Å². The molecule has 1 aromatic heterocycles. The number of ether oxygens (including phenoxy) is 1. The Morgan fingerprint density at radius 2 is 2.05 bits per heavy atom. The molecular formula is C17H20N2O2. The molecule has 0 aliphatic carbocycles. The second-order valence-electron chi connectivity index (χ2n) is 6.49. The van der Waals surface area contributed by atoms with Crippen LogP contribution in [0.4, 0.5) is 5.82 Å². The van der Waals surface area contributed by atoms with Gasteiger partial charge in [0.1, 0.15) is 11.6 Å². The summed E-state index contributed by atoms with van der Waals surface area (Å²) < 4.78 is 5.25. The molecular weight excluding hydrogens is 264 g/mol. The first-order chi connectivity index (χ1) is 9.90. The number of nitrogens with zero attached hydrogens (tertiary/aromatic N) is 2. The largest absolute Gasteiger partial charge is 0.497 e. The molecule has 3 rings (SSSR count). The Labute approximate surface area is 124 Å². The maximum Gasteiger partial charge on any atom is 0.233 e. The maximum absolute atomic E-state index is 12.5. The van der Waals surface area contributed by atoms with E-state index in [0.717, 1.165) is 34.5 Å². The van der Waals surface area contributed by atoms with Crippen molar-refractivity contribution >= 4 is 22.6 Å². The first kappa shape index (κ1) is 13.9. The van der Waals surface area contributed by atoms with E-state index in [1.54, 1.807) is 7.11 Å². The number of anilines is 1. The highest BCUT2D eigenvalue weighted by Crippen LogP contribution is 2.33. The molecule has 0 bridgehead atoms. The number of hydrogen-bond donors (Lipinski definition) is 0.